The van der Waals surface area contributed by atoms with Gasteiger partial charge in [-0.05, 0) is 48.0 Å². The van der Waals surface area contributed by atoms with Crippen molar-refractivity contribution < 1.29 is 32.6 Å². The summed E-state index contributed by atoms with van der Waals surface area (Å²) in [5, 5.41) is 9.16. The third-order valence-electron chi connectivity index (χ3n) is 4.46. The summed E-state index contributed by atoms with van der Waals surface area (Å²) in [6.45, 7) is 0.356. The summed E-state index contributed by atoms with van der Waals surface area (Å²) in [4.78, 5) is 23.1. The maximum atomic E-state index is 12.5. The molecule has 1 aliphatic rings. The zero-order valence-electron chi connectivity index (χ0n) is 16.6. The third-order valence-corrected chi connectivity index (χ3v) is 6.55. The molecule has 2 aromatic carbocycles. The fraction of sp³-hybridized carbons (Fsp3) is 0.238. The maximum absolute atomic E-state index is 12.5. The highest BCUT2D eigenvalue weighted by Crippen LogP contribution is 2.38. The summed E-state index contributed by atoms with van der Waals surface area (Å²) in [6, 6.07) is 8.65. The molecule has 10 heteroatoms. The van der Waals surface area contributed by atoms with Crippen molar-refractivity contribution in [3.8, 4) is 11.5 Å². The van der Waals surface area contributed by atoms with Crippen LogP contribution in [0.25, 0.3) is 6.08 Å². The molecular formula is C21H20ClNO7S. The predicted molar refractivity (Wildman–Crippen MR) is 114 cm³/mol. The molecule has 0 radical (unpaired) electrons. The van der Waals surface area contributed by atoms with Crippen molar-refractivity contribution in [1.82, 2.24) is 4.31 Å². The summed E-state index contributed by atoms with van der Waals surface area (Å²) in [5.41, 5.74) is 0.925. The number of aliphatic carboxylic acids is 1. The van der Waals surface area contributed by atoms with Gasteiger partial charge in [-0.2, -0.15) is 4.31 Å². The SMILES string of the molecule is CN(CC(=O)O)S(=O)(=O)c1ccc(C(=O)/C=C/c2cc(Cl)c3c(c2)OCCCO3)cc1. The number of sulfonamides is 1. The van der Waals surface area contributed by atoms with E-state index in [2.05, 4.69) is 0 Å². The number of allylic oxidation sites excluding steroid dienone is 1. The Morgan fingerprint density at radius 1 is 1.16 bits per heavy atom. The molecule has 3 rings (SSSR count). The van der Waals surface area contributed by atoms with E-state index in [0.29, 0.717) is 35.3 Å². The summed E-state index contributed by atoms with van der Waals surface area (Å²) in [7, 11) is -2.79. The molecule has 0 amide bonds. The van der Waals surface area contributed by atoms with Gasteiger partial charge in [0.15, 0.2) is 17.3 Å². The third kappa shape index (κ3) is 5.43. The first-order valence-electron chi connectivity index (χ1n) is 9.28. The van der Waals surface area contributed by atoms with E-state index >= 15 is 0 Å². The van der Waals surface area contributed by atoms with E-state index in [-0.39, 0.29) is 16.2 Å². The maximum Gasteiger partial charge on any atom is 0.318 e. The summed E-state index contributed by atoms with van der Waals surface area (Å²) < 4.78 is 36.6. The molecule has 1 heterocycles. The van der Waals surface area contributed by atoms with Crippen LogP contribution in [0.1, 0.15) is 22.3 Å². The average Bonchev–Trinajstić information content (AvgIpc) is 2.97. The lowest BCUT2D eigenvalue weighted by Gasteiger charge is -2.14. The van der Waals surface area contributed by atoms with Gasteiger partial charge in [-0.15, -0.1) is 0 Å². The van der Waals surface area contributed by atoms with Gasteiger partial charge in [-0.1, -0.05) is 17.7 Å². The van der Waals surface area contributed by atoms with Crippen LogP contribution < -0.4 is 9.47 Å². The molecule has 1 aliphatic heterocycles. The molecule has 0 bridgehead atoms. The Morgan fingerprint density at radius 3 is 2.52 bits per heavy atom. The minimum Gasteiger partial charge on any atom is -0.489 e. The topological polar surface area (TPSA) is 110 Å². The van der Waals surface area contributed by atoms with Crippen LogP contribution in [0.2, 0.25) is 5.02 Å². The minimum absolute atomic E-state index is 0.105. The van der Waals surface area contributed by atoms with E-state index in [9.17, 15) is 18.0 Å². The van der Waals surface area contributed by atoms with Crippen molar-refractivity contribution in [3.63, 3.8) is 0 Å². The lowest BCUT2D eigenvalue weighted by molar-refractivity contribution is -0.137. The van der Waals surface area contributed by atoms with E-state index in [1.165, 1.54) is 37.4 Å². The Hall–Kier alpha value is -2.88. The van der Waals surface area contributed by atoms with Crippen molar-refractivity contribution in [2.75, 3.05) is 26.8 Å². The van der Waals surface area contributed by atoms with Crippen LogP contribution in [0.4, 0.5) is 0 Å². The first-order chi connectivity index (χ1) is 14.7. The number of benzene rings is 2. The number of likely N-dealkylation sites (N-methyl/N-ethyl adjacent to an activating group) is 1. The number of carbonyl (C=O) groups excluding carboxylic acids is 1. The Balaban J connectivity index is 1.75. The second-order valence-electron chi connectivity index (χ2n) is 6.76. The second kappa shape index (κ2) is 9.51. The first-order valence-corrected chi connectivity index (χ1v) is 11.1. The number of ether oxygens (including phenoxy) is 2. The summed E-state index contributed by atoms with van der Waals surface area (Å²) >= 11 is 6.25. The number of hydrogen-bond acceptors (Lipinski definition) is 6. The normalized spacial score (nSPS) is 13.9. The number of rotatable bonds is 7. The highest BCUT2D eigenvalue weighted by Gasteiger charge is 2.23. The van der Waals surface area contributed by atoms with Crippen LogP contribution >= 0.6 is 11.6 Å². The van der Waals surface area contributed by atoms with E-state index in [4.69, 9.17) is 26.2 Å². The predicted octanol–water partition coefficient (Wildman–Crippen LogP) is 3.10. The number of nitrogens with zero attached hydrogens (tertiary/aromatic N) is 1. The Labute approximate surface area is 184 Å². The molecular weight excluding hydrogens is 446 g/mol. The molecule has 0 aromatic heterocycles. The summed E-state index contributed by atoms with van der Waals surface area (Å²) in [5.74, 6) is -0.617. The fourth-order valence-electron chi connectivity index (χ4n) is 2.86. The molecule has 164 valence electrons. The van der Waals surface area contributed by atoms with Gasteiger partial charge < -0.3 is 14.6 Å². The Morgan fingerprint density at radius 2 is 1.84 bits per heavy atom. The molecule has 0 unspecified atom stereocenters. The monoisotopic (exact) mass is 465 g/mol. The van der Waals surface area contributed by atoms with Crippen molar-refractivity contribution in [1.29, 1.82) is 0 Å². The standard InChI is InChI=1S/C21H20ClNO7S/c1-23(13-20(25)26)31(27,28)16-6-4-15(5-7-16)18(24)8-3-14-11-17(22)21-19(12-14)29-9-2-10-30-21/h3-8,11-12H,2,9-10,13H2,1H3,(H,25,26)/b8-3+. The van der Waals surface area contributed by atoms with E-state index < -0.39 is 22.5 Å². The van der Waals surface area contributed by atoms with Gasteiger partial charge >= 0.3 is 5.97 Å². The molecule has 0 aliphatic carbocycles. The average molecular weight is 466 g/mol. The van der Waals surface area contributed by atoms with Gasteiger partial charge in [-0.3, -0.25) is 9.59 Å². The number of hydrogen-bond donors (Lipinski definition) is 1. The largest absolute Gasteiger partial charge is 0.489 e. The van der Waals surface area contributed by atoms with E-state index in [1.54, 1.807) is 18.2 Å². The van der Waals surface area contributed by atoms with Gasteiger partial charge in [0.2, 0.25) is 10.0 Å². The molecule has 8 nitrogen and oxygen atoms in total. The quantitative estimate of drug-likeness (QED) is 0.494. The number of halogens is 1. The number of carbonyl (C=O) groups is 2. The van der Waals surface area contributed by atoms with Crippen LogP contribution in [0.3, 0.4) is 0 Å². The van der Waals surface area contributed by atoms with Crippen molar-refractivity contribution >= 4 is 39.5 Å². The molecule has 0 fully saturated rings. The zero-order chi connectivity index (χ0) is 22.6. The van der Waals surface area contributed by atoms with Crippen LogP contribution in [0.5, 0.6) is 11.5 Å². The van der Waals surface area contributed by atoms with Gasteiger partial charge in [0.25, 0.3) is 0 Å². The highest BCUT2D eigenvalue weighted by molar-refractivity contribution is 7.89. The Bertz CT molecular complexity index is 1130. The number of carboxylic acids is 1. The minimum atomic E-state index is -3.97. The molecule has 0 saturated carbocycles. The molecule has 0 spiro atoms. The Kier molecular flexibility index (Phi) is 6.99. The number of fused-ring (bicyclic) bond motifs is 1. The van der Waals surface area contributed by atoms with Crippen molar-refractivity contribution in [2.24, 2.45) is 0 Å². The van der Waals surface area contributed by atoms with Gasteiger partial charge in [0, 0.05) is 19.0 Å². The fourth-order valence-corrected chi connectivity index (χ4v) is 4.26. The number of carboxylic acid groups (broad SMARTS) is 1. The zero-order valence-corrected chi connectivity index (χ0v) is 18.1. The van der Waals surface area contributed by atoms with E-state index in [1.807, 2.05) is 0 Å². The van der Waals surface area contributed by atoms with Crippen LogP contribution in [-0.2, 0) is 14.8 Å². The van der Waals surface area contributed by atoms with Crippen molar-refractivity contribution in [3.05, 3.63) is 58.6 Å². The molecule has 0 atom stereocenters. The lowest BCUT2D eigenvalue weighted by atomic mass is 10.1. The highest BCUT2D eigenvalue weighted by atomic mass is 35.5. The number of ketones is 1. The smallest absolute Gasteiger partial charge is 0.318 e. The van der Waals surface area contributed by atoms with E-state index in [0.717, 1.165) is 10.7 Å². The van der Waals surface area contributed by atoms with Gasteiger partial charge in [0.05, 0.1) is 23.1 Å². The van der Waals surface area contributed by atoms with Crippen LogP contribution in [0.15, 0.2) is 47.4 Å². The molecule has 31 heavy (non-hydrogen) atoms. The second-order valence-corrected chi connectivity index (χ2v) is 9.21. The molecule has 2 aromatic rings. The van der Waals surface area contributed by atoms with Gasteiger partial charge in [-0.25, -0.2) is 8.42 Å². The van der Waals surface area contributed by atoms with Crippen LogP contribution in [0, 0.1) is 0 Å². The van der Waals surface area contributed by atoms with Crippen molar-refractivity contribution in [2.45, 2.75) is 11.3 Å². The van der Waals surface area contributed by atoms with Gasteiger partial charge in [0.1, 0.15) is 6.54 Å². The molecule has 1 N–H and O–H groups in total. The molecule has 0 saturated heterocycles. The lowest BCUT2D eigenvalue weighted by Crippen LogP contribution is -2.32. The van der Waals surface area contributed by atoms with Crippen LogP contribution in [-0.4, -0.2) is 56.4 Å². The summed E-state index contributed by atoms with van der Waals surface area (Å²) in [6.07, 6.45) is 3.66. The first kappa shape index (κ1) is 22.8.